The molecule has 0 heterocycles. The zero-order chi connectivity index (χ0) is 17.3. The zero-order valence-corrected chi connectivity index (χ0v) is 17.7. The largest absolute Gasteiger partial charge is 4.00 e. The van der Waals surface area contributed by atoms with Crippen LogP contribution in [-0.2, 0) is 26.2 Å². The average Bonchev–Trinajstić information content (AvgIpc) is 3.38. The summed E-state index contributed by atoms with van der Waals surface area (Å²) in [6.45, 7) is 6.15. The molecule has 0 spiro atoms. The maximum Gasteiger partial charge on any atom is 4.00 e. The predicted molar refractivity (Wildman–Crippen MR) is 105 cm³/mol. The molecule has 2 aliphatic carbocycles. The molecule has 1 aromatic carbocycles. The van der Waals surface area contributed by atoms with E-state index in [4.69, 9.17) is 0 Å². The normalized spacial score (nSPS) is 16.2. The number of allylic oxidation sites excluding steroid dienone is 1. The third kappa shape index (κ3) is 14.7. The molecular weight excluding hydrogens is 379 g/mol. The van der Waals surface area contributed by atoms with Crippen molar-refractivity contribution in [2.45, 2.75) is 32.6 Å². The van der Waals surface area contributed by atoms with Crippen LogP contribution in [-0.4, -0.2) is 0 Å². The van der Waals surface area contributed by atoms with Crippen LogP contribution in [0.2, 0.25) is 0 Å². The molecule has 2 aliphatic rings. The Kier molecular flexibility index (Phi) is 18.5. The van der Waals surface area contributed by atoms with Crippen molar-refractivity contribution in [3.8, 4) is 0 Å². The smallest absolute Gasteiger partial charge is 0.340 e. The molecule has 0 aromatic heterocycles. The summed E-state index contributed by atoms with van der Waals surface area (Å²) < 4.78 is 0. The van der Waals surface area contributed by atoms with Crippen LogP contribution in [0.1, 0.15) is 38.2 Å². The van der Waals surface area contributed by atoms with Gasteiger partial charge in [-0.2, -0.15) is 35.8 Å². The van der Waals surface area contributed by atoms with Crippen molar-refractivity contribution in [2.24, 2.45) is 0 Å². The van der Waals surface area contributed by atoms with Gasteiger partial charge in [0.15, 0.2) is 0 Å². The Morgan fingerprint density at radius 2 is 1.24 bits per heavy atom. The third-order valence-corrected chi connectivity index (χ3v) is 3.34. The Balaban J connectivity index is 0.000000425. The van der Waals surface area contributed by atoms with Gasteiger partial charge in [-0.05, 0) is 70.6 Å². The number of benzene rings is 1. The van der Waals surface area contributed by atoms with Gasteiger partial charge in [-0.1, -0.05) is 25.8 Å². The van der Waals surface area contributed by atoms with Crippen molar-refractivity contribution in [2.75, 3.05) is 0 Å². The molecule has 1 aromatic rings. The molecule has 0 atom stereocenters. The molecule has 0 N–H and O–H groups in total. The van der Waals surface area contributed by atoms with E-state index in [0.29, 0.717) is 0 Å². The molecule has 2 saturated carbocycles. The summed E-state index contributed by atoms with van der Waals surface area (Å²) in [5.41, 5.74) is 2.50. The summed E-state index contributed by atoms with van der Waals surface area (Å²) in [5.74, 6) is 0. The van der Waals surface area contributed by atoms with Gasteiger partial charge in [0.1, 0.15) is 0 Å². The van der Waals surface area contributed by atoms with Crippen molar-refractivity contribution in [3.05, 3.63) is 119 Å². The number of hydrogen-bond acceptors (Lipinski definition) is 0. The summed E-state index contributed by atoms with van der Waals surface area (Å²) in [6, 6.07) is 10.3. The monoisotopic (exact) mass is 406 g/mol. The minimum Gasteiger partial charge on any atom is -0.340 e. The Morgan fingerprint density at radius 3 is 1.60 bits per heavy atom. The van der Waals surface area contributed by atoms with Gasteiger partial charge in [-0.25, -0.2) is 0 Å². The topological polar surface area (TPSA) is 0 Å². The molecule has 126 valence electrons. The predicted octanol–water partition coefficient (Wildman–Crippen LogP) is 6.22. The van der Waals surface area contributed by atoms with E-state index in [1.54, 1.807) is 0 Å². The van der Waals surface area contributed by atoms with E-state index in [9.17, 15) is 0 Å². The van der Waals surface area contributed by atoms with E-state index < -0.39 is 0 Å². The standard InChI is InChI=1S/C14H18.2C5H5.Zr/c1-3-5-9-13(4-2)12-14-10-7-6-8-11-14;2*1-2-4-5-3-1;/h6-8,10-11H,2-5,9H2,1H3;2*1-5H;/q-2;;;+4. The first-order chi connectivity index (χ1) is 11.9. The summed E-state index contributed by atoms with van der Waals surface area (Å²) in [5, 5.41) is 0. The van der Waals surface area contributed by atoms with Crippen LogP contribution in [0.3, 0.4) is 0 Å². The fourth-order valence-electron chi connectivity index (χ4n) is 2.01. The first kappa shape index (κ1) is 24.8. The van der Waals surface area contributed by atoms with Crippen LogP contribution in [0.15, 0.2) is 35.9 Å². The molecule has 1 heteroatoms. The van der Waals surface area contributed by atoms with Gasteiger partial charge in [-0.3, -0.25) is 0 Å². The van der Waals surface area contributed by atoms with Crippen LogP contribution in [0.4, 0.5) is 0 Å². The molecule has 25 heavy (non-hydrogen) atoms. The van der Waals surface area contributed by atoms with Crippen LogP contribution in [0, 0.1) is 77.2 Å². The van der Waals surface area contributed by atoms with Gasteiger partial charge in [0.25, 0.3) is 0 Å². The Labute approximate surface area is 177 Å². The number of unbranched alkanes of at least 4 members (excludes halogenated alkanes) is 1. The first-order valence-corrected chi connectivity index (χ1v) is 8.66. The Bertz CT molecular complexity index is 374. The molecule has 2 fully saturated rings. The molecule has 0 saturated heterocycles. The molecule has 3 rings (SSSR count). The fourth-order valence-corrected chi connectivity index (χ4v) is 2.01. The summed E-state index contributed by atoms with van der Waals surface area (Å²) in [7, 11) is 0. The second kappa shape index (κ2) is 18.6. The summed E-state index contributed by atoms with van der Waals surface area (Å²) >= 11 is 0. The average molecular weight is 408 g/mol. The van der Waals surface area contributed by atoms with Crippen LogP contribution >= 0.6 is 0 Å². The molecular formula is C24H28Zr+2. The maximum absolute atomic E-state index is 3.94. The SMILES string of the molecule is [CH2-]CC(=[C-]c1ccccc1)CCCC.[CH]1[CH][CH][CH][CH]1.[CH]1[CH][CH][CH][CH]1.[Zr+4]. The Morgan fingerprint density at radius 1 is 0.800 bits per heavy atom. The molecule has 0 unspecified atom stereocenters. The van der Waals surface area contributed by atoms with E-state index in [-0.39, 0.29) is 26.2 Å². The quantitative estimate of drug-likeness (QED) is 0.508. The minimum atomic E-state index is 0. The van der Waals surface area contributed by atoms with Gasteiger partial charge in [0, 0.05) is 0 Å². The van der Waals surface area contributed by atoms with Crippen LogP contribution in [0.5, 0.6) is 0 Å². The summed E-state index contributed by atoms with van der Waals surface area (Å²) in [6.07, 6.45) is 27.9. The maximum atomic E-state index is 3.94. The minimum absolute atomic E-state index is 0. The van der Waals surface area contributed by atoms with Crippen molar-refractivity contribution in [1.29, 1.82) is 0 Å². The third-order valence-electron chi connectivity index (χ3n) is 3.34. The van der Waals surface area contributed by atoms with E-state index in [1.807, 2.05) is 82.4 Å². The number of rotatable bonds is 5. The summed E-state index contributed by atoms with van der Waals surface area (Å²) in [4.78, 5) is 0. The van der Waals surface area contributed by atoms with Crippen molar-refractivity contribution in [3.63, 3.8) is 0 Å². The molecule has 0 amide bonds. The molecule has 10 radical (unpaired) electrons. The van der Waals surface area contributed by atoms with Gasteiger partial charge < -0.3 is 6.92 Å². The van der Waals surface area contributed by atoms with Crippen molar-refractivity contribution in [1.82, 2.24) is 0 Å². The van der Waals surface area contributed by atoms with Gasteiger partial charge in [-0.15, -0.1) is 12.1 Å². The molecule has 0 nitrogen and oxygen atoms in total. The van der Waals surface area contributed by atoms with E-state index >= 15 is 0 Å². The molecule has 0 bridgehead atoms. The second-order valence-corrected chi connectivity index (χ2v) is 5.37. The van der Waals surface area contributed by atoms with Gasteiger partial charge >= 0.3 is 26.2 Å². The van der Waals surface area contributed by atoms with E-state index in [0.717, 1.165) is 12.8 Å². The molecule has 0 aliphatic heterocycles. The fraction of sp³-hybridized carbons (Fsp3) is 0.208. The Hall–Kier alpha value is -0.157. The van der Waals surface area contributed by atoms with Crippen molar-refractivity contribution >= 4 is 0 Å². The second-order valence-electron chi connectivity index (χ2n) is 5.37. The zero-order valence-electron chi connectivity index (χ0n) is 15.2. The van der Waals surface area contributed by atoms with Crippen molar-refractivity contribution < 1.29 is 26.2 Å². The van der Waals surface area contributed by atoms with Crippen LogP contribution in [0.25, 0.3) is 0 Å². The number of hydrogen-bond donors (Lipinski definition) is 0. The van der Waals surface area contributed by atoms with Gasteiger partial charge in [0.05, 0.1) is 0 Å². The van der Waals surface area contributed by atoms with E-state index in [1.165, 1.54) is 24.0 Å². The van der Waals surface area contributed by atoms with Gasteiger partial charge in [0.2, 0.25) is 0 Å². The van der Waals surface area contributed by atoms with Crippen LogP contribution < -0.4 is 0 Å². The first-order valence-electron chi connectivity index (χ1n) is 8.66. The van der Waals surface area contributed by atoms with E-state index in [2.05, 4.69) is 32.1 Å².